The fraction of sp³-hybridized carbons (Fsp3) is 1.00. The van der Waals surface area contributed by atoms with Gasteiger partial charge in [-0.25, -0.2) is 0 Å². The fourth-order valence-electron chi connectivity index (χ4n) is 3.08. The highest BCUT2D eigenvalue weighted by Gasteiger charge is 2.33. The molecule has 1 fully saturated rings. The van der Waals surface area contributed by atoms with Gasteiger partial charge in [0.05, 0.1) is 0 Å². The predicted molar refractivity (Wildman–Crippen MR) is 80.7 cm³/mol. The molecule has 2 atom stereocenters. The first-order chi connectivity index (χ1) is 8.49. The van der Waals surface area contributed by atoms with E-state index in [-0.39, 0.29) is 0 Å². The van der Waals surface area contributed by atoms with Gasteiger partial charge in [-0.3, -0.25) is 4.90 Å². The molecule has 1 aliphatic rings. The quantitative estimate of drug-likeness (QED) is 0.703. The topological polar surface area (TPSA) is 29.3 Å². The van der Waals surface area contributed by atoms with E-state index in [1.165, 1.54) is 51.6 Å². The molecule has 2 nitrogen and oxygen atoms in total. The lowest BCUT2D eigenvalue weighted by Gasteiger charge is -2.30. The molecule has 2 heteroatoms. The average molecular weight is 254 g/mol. The third-order valence-electron chi connectivity index (χ3n) is 4.62. The monoisotopic (exact) mass is 254 g/mol. The standard InChI is InChI=1S/C16H34N2/c1-5-6-7-8-9-15(12-17)18-11-10-14(13-18)16(2,3)4/h14-15H,5-13,17H2,1-4H3. The van der Waals surface area contributed by atoms with Gasteiger partial charge in [-0.1, -0.05) is 53.4 Å². The molecule has 1 saturated heterocycles. The van der Waals surface area contributed by atoms with Crippen LogP contribution in [-0.2, 0) is 0 Å². The first-order valence-electron chi connectivity index (χ1n) is 7.93. The summed E-state index contributed by atoms with van der Waals surface area (Å²) in [5, 5.41) is 0. The van der Waals surface area contributed by atoms with E-state index in [9.17, 15) is 0 Å². The Morgan fingerprint density at radius 2 is 1.94 bits per heavy atom. The van der Waals surface area contributed by atoms with Crippen molar-refractivity contribution < 1.29 is 0 Å². The van der Waals surface area contributed by atoms with Gasteiger partial charge in [0.25, 0.3) is 0 Å². The normalized spacial score (nSPS) is 23.5. The van der Waals surface area contributed by atoms with Crippen molar-refractivity contribution in [1.29, 1.82) is 0 Å². The summed E-state index contributed by atoms with van der Waals surface area (Å²) < 4.78 is 0. The molecule has 0 aromatic rings. The van der Waals surface area contributed by atoms with Crippen molar-refractivity contribution in [1.82, 2.24) is 4.90 Å². The van der Waals surface area contributed by atoms with Crippen LogP contribution in [-0.4, -0.2) is 30.6 Å². The zero-order valence-electron chi connectivity index (χ0n) is 13.0. The van der Waals surface area contributed by atoms with E-state index in [0.717, 1.165) is 12.5 Å². The highest BCUT2D eigenvalue weighted by molar-refractivity contribution is 4.87. The van der Waals surface area contributed by atoms with E-state index in [2.05, 4.69) is 32.6 Å². The van der Waals surface area contributed by atoms with Crippen molar-refractivity contribution in [2.45, 2.75) is 72.3 Å². The zero-order chi connectivity index (χ0) is 13.6. The Kier molecular flexibility index (Phi) is 6.65. The Morgan fingerprint density at radius 1 is 1.22 bits per heavy atom. The highest BCUT2D eigenvalue weighted by atomic mass is 15.2. The summed E-state index contributed by atoms with van der Waals surface area (Å²) in [4.78, 5) is 2.65. The molecule has 2 unspecified atom stereocenters. The van der Waals surface area contributed by atoms with Crippen LogP contribution in [0.3, 0.4) is 0 Å². The zero-order valence-corrected chi connectivity index (χ0v) is 13.0. The van der Waals surface area contributed by atoms with Gasteiger partial charge < -0.3 is 5.73 Å². The number of nitrogens with zero attached hydrogens (tertiary/aromatic N) is 1. The van der Waals surface area contributed by atoms with Crippen molar-refractivity contribution in [3.8, 4) is 0 Å². The van der Waals surface area contributed by atoms with E-state index in [4.69, 9.17) is 5.73 Å². The van der Waals surface area contributed by atoms with Crippen LogP contribution in [0.2, 0.25) is 0 Å². The van der Waals surface area contributed by atoms with Gasteiger partial charge in [-0.2, -0.15) is 0 Å². The van der Waals surface area contributed by atoms with Crippen LogP contribution < -0.4 is 5.73 Å². The summed E-state index contributed by atoms with van der Waals surface area (Å²) in [5.41, 5.74) is 6.43. The minimum atomic E-state index is 0.454. The SMILES string of the molecule is CCCCCCC(CN)N1CCC(C(C)(C)C)C1. The van der Waals surface area contributed by atoms with E-state index in [1.54, 1.807) is 0 Å². The molecule has 0 aromatic heterocycles. The van der Waals surface area contributed by atoms with E-state index in [0.29, 0.717) is 11.5 Å². The number of nitrogens with two attached hydrogens (primary N) is 1. The van der Waals surface area contributed by atoms with Crippen molar-refractivity contribution in [2.75, 3.05) is 19.6 Å². The maximum absolute atomic E-state index is 5.98. The second kappa shape index (κ2) is 7.49. The molecule has 0 aromatic carbocycles. The lowest BCUT2D eigenvalue weighted by Crippen LogP contribution is -2.40. The lowest BCUT2D eigenvalue weighted by molar-refractivity contribution is 0.188. The summed E-state index contributed by atoms with van der Waals surface area (Å²) in [6.45, 7) is 12.8. The first kappa shape index (κ1) is 16.0. The Balaban J connectivity index is 2.33. The van der Waals surface area contributed by atoms with Gasteiger partial charge in [-0.05, 0) is 30.7 Å². The van der Waals surface area contributed by atoms with Crippen molar-refractivity contribution in [3.05, 3.63) is 0 Å². The molecule has 0 radical (unpaired) electrons. The summed E-state index contributed by atoms with van der Waals surface area (Å²) in [5.74, 6) is 0.849. The first-order valence-corrected chi connectivity index (χ1v) is 7.93. The van der Waals surface area contributed by atoms with Crippen LogP contribution >= 0.6 is 0 Å². The molecule has 0 bridgehead atoms. The molecule has 18 heavy (non-hydrogen) atoms. The lowest BCUT2D eigenvalue weighted by atomic mass is 9.80. The summed E-state index contributed by atoms with van der Waals surface area (Å²) >= 11 is 0. The number of hydrogen-bond acceptors (Lipinski definition) is 2. The van der Waals surface area contributed by atoms with Crippen LogP contribution in [0.1, 0.15) is 66.2 Å². The molecule has 108 valence electrons. The van der Waals surface area contributed by atoms with Gasteiger partial charge in [0.2, 0.25) is 0 Å². The van der Waals surface area contributed by atoms with Crippen molar-refractivity contribution >= 4 is 0 Å². The molecule has 1 aliphatic heterocycles. The van der Waals surface area contributed by atoms with Crippen molar-refractivity contribution in [3.63, 3.8) is 0 Å². The van der Waals surface area contributed by atoms with Gasteiger partial charge >= 0.3 is 0 Å². The largest absolute Gasteiger partial charge is 0.329 e. The molecule has 0 aliphatic carbocycles. The second-order valence-corrected chi connectivity index (χ2v) is 7.09. The molecule has 2 N–H and O–H groups in total. The van der Waals surface area contributed by atoms with Crippen LogP contribution in [0.4, 0.5) is 0 Å². The Bertz CT molecular complexity index is 220. The molecule has 1 rings (SSSR count). The minimum absolute atomic E-state index is 0.454. The Hall–Kier alpha value is -0.0800. The van der Waals surface area contributed by atoms with Crippen LogP contribution in [0.5, 0.6) is 0 Å². The maximum Gasteiger partial charge on any atom is 0.0218 e. The molecule has 0 spiro atoms. The average Bonchev–Trinajstić information content (AvgIpc) is 2.78. The predicted octanol–water partition coefficient (Wildman–Crippen LogP) is 3.65. The van der Waals surface area contributed by atoms with Gasteiger partial charge in [0, 0.05) is 19.1 Å². The van der Waals surface area contributed by atoms with Crippen LogP contribution in [0.25, 0.3) is 0 Å². The molecule has 0 saturated carbocycles. The Morgan fingerprint density at radius 3 is 2.44 bits per heavy atom. The molecular formula is C16H34N2. The van der Waals surface area contributed by atoms with E-state index >= 15 is 0 Å². The number of rotatable bonds is 7. The van der Waals surface area contributed by atoms with Gasteiger partial charge in [0.1, 0.15) is 0 Å². The highest BCUT2D eigenvalue weighted by Crippen LogP contribution is 2.34. The third-order valence-corrected chi connectivity index (χ3v) is 4.62. The summed E-state index contributed by atoms with van der Waals surface area (Å²) in [6, 6.07) is 0.634. The number of unbranched alkanes of at least 4 members (excludes halogenated alkanes) is 3. The Labute approximate surface area is 114 Å². The molecular weight excluding hydrogens is 220 g/mol. The van der Waals surface area contributed by atoms with Gasteiger partial charge in [-0.15, -0.1) is 0 Å². The third kappa shape index (κ3) is 4.89. The van der Waals surface area contributed by atoms with Crippen LogP contribution in [0, 0.1) is 11.3 Å². The maximum atomic E-state index is 5.98. The minimum Gasteiger partial charge on any atom is -0.329 e. The number of likely N-dealkylation sites (tertiary alicyclic amines) is 1. The number of hydrogen-bond donors (Lipinski definition) is 1. The smallest absolute Gasteiger partial charge is 0.0218 e. The molecule has 1 heterocycles. The van der Waals surface area contributed by atoms with Crippen LogP contribution in [0.15, 0.2) is 0 Å². The summed E-state index contributed by atoms with van der Waals surface area (Å²) in [6.07, 6.45) is 8.09. The fourth-order valence-corrected chi connectivity index (χ4v) is 3.08. The second-order valence-electron chi connectivity index (χ2n) is 7.09. The van der Waals surface area contributed by atoms with E-state index < -0.39 is 0 Å². The van der Waals surface area contributed by atoms with Crippen molar-refractivity contribution in [2.24, 2.45) is 17.1 Å². The molecule has 0 amide bonds. The van der Waals surface area contributed by atoms with Gasteiger partial charge in [0.15, 0.2) is 0 Å². The summed E-state index contributed by atoms with van der Waals surface area (Å²) in [7, 11) is 0. The van der Waals surface area contributed by atoms with E-state index in [1.807, 2.05) is 0 Å².